The molecule has 116 valence electrons. The van der Waals surface area contributed by atoms with Crippen LogP contribution in [0.1, 0.15) is 17.3 Å². The monoisotopic (exact) mass is 337 g/mol. The van der Waals surface area contributed by atoms with Crippen molar-refractivity contribution in [3.8, 4) is 0 Å². The molecule has 0 fully saturated rings. The third-order valence-corrected chi connectivity index (χ3v) is 4.79. The van der Waals surface area contributed by atoms with E-state index in [0.29, 0.717) is 6.54 Å². The third kappa shape index (κ3) is 3.48. The summed E-state index contributed by atoms with van der Waals surface area (Å²) in [4.78, 5) is 14.2. The van der Waals surface area contributed by atoms with Crippen LogP contribution in [-0.4, -0.2) is 27.1 Å². The number of anilines is 1. The molecule has 0 aliphatic heterocycles. The topological polar surface area (TPSA) is 54.5 Å². The maximum Gasteiger partial charge on any atom is 0.258 e. The Hall–Kier alpha value is -1.85. The van der Waals surface area contributed by atoms with Crippen LogP contribution in [-0.2, 0) is 9.84 Å². The summed E-state index contributed by atoms with van der Waals surface area (Å²) in [5.74, 6) is -0.268. The minimum atomic E-state index is -3.49. The molecule has 0 spiro atoms. The number of amides is 1. The fourth-order valence-corrected chi connectivity index (χ4v) is 3.43. The Kier molecular flexibility index (Phi) is 4.88. The molecule has 0 saturated carbocycles. The van der Waals surface area contributed by atoms with Gasteiger partial charge >= 0.3 is 0 Å². The standard InChI is InChI=1S/C16H16ClNO3S/c1-3-18(13-7-5-4-6-8-13)16(19)12-9-10-14(17)15(11-12)22(2,20)21/h4-11H,3H2,1-2H3. The van der Waals surface area contributed by atoms with E-state index in [0.717, 1.165) is 11.9 Å². The maximum absolute atomic E-state index is 12.7. The first-order chi connectivity index (χ1) is 10.3. The number of para-hydroxylation sites is 1. The van der Waals surface area contributed by atoms with Gasteiger partial charge in [0.25, 0.3) is 5.91 Å². The van der Waals surface area contributed by atoms with E-state index in [1.165, 1.54) is 18.2 Å². The summed E-state index contributed by atoms with van der Waals surface area (Å²) < 4.78 is 23.5. The molecule has 0 bridgehead atoms. The molecule has 0 aliphatic carbocycles. The number of sulfone groups is 1. The highest BCUT2D eigenvalue weighted by Gasteiger charge is 2.20. The van der Waals surface area contributed by atoms with Crippen molar-refractivity contribution in [2.45, 2.75) is 11.8 Å². The van der Waals surface area contributed by atoms with Gasteiger partial charge in [-0.2, -0.15) is 0 Å². The lowest BCUT2D eigenvalue weighted by Gasteiger charge is -2.21. The van der Waals surface area contributed by atoms with E-state index < -0.39 is 9.84 Å². The quantitative estimate of drug-likeness (QED) is 0.859. The Morgan fingerprint density at radius 3 is 2.32 bits per heavy atom. The molecule has 1 amide bonds. The van der Waals surface area contributed by atoms with Crippen molar-refractivity contribution >= 4 is 33.0 Å². The van der Waals surface area contributed by atoms with Gasteiger partial charge in [-0.05, 0) is 37.3 Å². The molecule has 0 aliphatic rings. The zero-order chi connectivity index (χ0) is 16.3. The number of carbonyl (C=O) groups excluding carboxylic acids is 1. The average Bonchev–Trinajstić information content (AvgIpc) is 2.48. The lowest BCUT2D eigenvalue weighted by molar-refractivity contribution is 0.0988. The summed E-state index contributed by atoms with van der Waals surface area (Å²) in [6.45, 7) is 2.33. The number of hydrogen-bond acceptors (Lipinski definition) is 3. The Bertz CT molecular complexity index is 788. The van der Waals surface area contributed by atoms with Gasteiger partial charge in [0, 0.05) is 24.1 Å². The van der Waals surface area contributed by atoms with Gasteiger partial charge in [-0.25, -0.2) is 8.42 Å². The smallest absolute Gasteiger partial charge is 0.258 e. The summed E-state index contributed by atoms with van der Waals surface area (Å²) in [6, 6.07) is 13.5. The van der Waals surface area contributed by atoms with Crippen molar-refractivity contribution in [1.82, 2.24) is 0 Å². The molecule has 22 heavy (non-hydrogen) atoms. The number of benzene rings is 2. The second kappa shape index (κ2) is 6.50. The maximum atomic E-state index is 12.7. The highest BCUT2D eigenvalue weighted by Crippen LogP contribution is 2.24. The number of nitrogens with zero attached hydrogens (tertiary/aromatic N) is 1. The summed E-state index contributed by atoms with van der Waals surface area (Å²) >= 11 is 5.91. The van der Waals surface area contributed by atoms with Crippen LogP contribution >= 0.6 is 11.6 Å². The molecule has 6 heteroatoms. The second-order valence-corrected chi connectivity index (χ2v) is 7.19. The number of halogens is 1. The molecule has 0 aromatic heterocycles. The van der Waals surface area contributed by atoms with Gasteiger partial charge in [-0.15, -0.1) is 0 Å². The summed E-state index contributed by atoms with van der Waals surface area (Å²) in [5.41, 5.74) is 1.04. The fraction of sp³-hybridized carbons (Fsp3) is 0.188. The predicted octanol–water partition coefficient (Wildman–Crippen LogP) is 3.41. The van der Waals surface area contributed by atoms with Crippen LogP contribution in [0.3, 0.4) is 0 Å². The first-order valence-electron chi connectivity index (χ1n) is 6.71. The molecular formula is C16H16ClNO3S. The SMILES string of the molecule is CCN(C(=O)c1ccc(Cl)c(S(C)(=O)=O)c1)c1ccccc1. The highest BCUT2D eigenvalue weighted by atomic mass is 35.5. The normalized spacial score (nSPS) is 11.2. The Balaban J connectivity index is 2.45. The Morgan fingerprint density at radius 2 is 1.77 bits per heavy atom. The fourth-order valence-electron chi connectivity index (χ4n) is 2.13. The van der Waals surface area contributed by atoms with Gasteiger partial charge in [0.2, 0.25) is 0 Å². The van der Waals surface area contributed by atoms with E-state index >= 15 is 0 Å². The van der Waals surface area contributed by atoms with Crippen molar-refractivity contribution in [2.24, 2.45) is 0 Å². The molecule has 4 nitrogen and oxygen atoms in total. The largest absolute Gasteiger partial charge is 0.309 e. The van der Waals surface area contributed by atoms with Crippen LogP contribution in [0.5, 0.6) is 0 Å². The van der Waals surface area contributed by atoms with Crippen molar-refractivity contribution in [2.75, 3.05) is 17.7 Å². The van der Waals surface area contributed by atoms with Gasteiger partial charge in [0.15, 0.2) is 9.84 Å². The van der Waals surface area contributed by atoms with Crippen LogP contribution in [0.15, 0.2) is 53.4 Å². The Morgan fingerprint density at radius 1 is 1.14 bits per heavy atom. The van der Waals surface area contributed by atoms with E-state index in [-0.39, 0.29) is 21.4 Å². The highest BCUT2D eigenvalue weighted by molar-refractivity contribution is 7.90. The summed E-state index contributed by atoms with van der Waals surface area (Å²) in [5, 5.41) is 0.113. The average molecular weight is 338 g/mol. The van der Waals surface area contributed by atoms with Crippen molar-refractivity contribution in [1.29, 1.82) is 0 Å². The molecule has 0 radical (unpaired) electrons. The summed E-state index contributed by atoms with van der Waals surface area (Å²) in [6.07, 6.45) is 1.07. The van der Waals surface area contributed by atoms with Crippen molar-refractivity contribution < 1.29 is 13.2 Å². The Labute approximate surface area is 135 Å². The summed E-state index contributed by atoms with van der Waals surface area (Å²) in [7, 11) is -3.49. The molecule has 2 aromatic rings. The molecule has 2 aromatic carbocycles. The molecule has 2 rings (SSSR count). The molecule has 0 N–H and O–H groups in total. The predicted molar refractivity (Wildman–Crippen MR) is 88.4 cm³/mol. The third-order valence-electron chi connectivity index (χ3n) is 3.21. The minimum Gasteiger partial charge on any atom is -0.309 e. The van der Waals surface area contributed by atoms with Gasteiger partial charge < -0.3 is 4.90 Å². The van der Waals surface area contributed by atoms with Crippen LogP contribution in [0.25, 0.3) is 0 Å². The van der Waals surface area contributed by atoms with Crippen LogP contribution in [0.2, 0.25) is 5.02 Å². The zero-order valence-electron chi connectivity index (χ0n) is 12.3. The molecule has 0 saturated heterocycles. The van der Waals surface area contributed by atoms with Crippen LogP contribution in [0.4, 0.5) is 5.69 Å². The van der Waals surface area contributed by atoms with Gasteiger partial charge in [0.1, 0.15) is 0 Å². The zero-order valence-corrected chi connectivity index (χ0v) is 13.9. The van der Waals surface area contributed by atoms with E-state index in [1.807, 2.05) is 37.3 Å². The molecular weight excluding hydrogens is 322 g/mol. The number of rotatable bonds is 4. The molecule has 0 unspecified atom stereocenters. The van der Waals surface area contributed by atoms with E-state index in [9.17, 15) is 13.2 Å². The van der Waals surface area contributed by atoms with Gasteiger partial charge in [-0.1, -0.05) is 29.8 Å². The second-order valence-electron chi connectivity index (χ2n) is 4.80. The molecule has 0 atom stereocenters. The first-order valence-corrected chi connectivity index (χ1v) is 8.98. The van der Waals surface area contributed by atoms with Crippen LogP contribution in [0, 0.1) is 0 Å². The minimum absolute atomic E-state index is 0.0378. The number of hydrogen-bond donors (Lipinski definition) is 0. The lowest BCUT2D eigenvalue weighted by atomic mass is 10.2. The van der Waals surface area contributed by atoms with Gasteiger partial charge in [0.05, 0.1) is 9.92 Å². The number of carbonyl (C=O) groups is 1. The van der Waals surface area contributed by atoms with Crippen molar-refractivity contribution in [3.05, 3.63) is 59.1 Å². The lowest BCUT2D eigenvalue weighted by Crippen LogP contribution is -2.30. The van der Waals surface area contributed by atoms with E-state index in [1.54, 1.807) is 4.90 Å². The van der Waals surface area contributed by atoms with Crippen molar-refractivity contribution in [3.63, 3.8) is 0 Å². The first kappa shape index (κ1) is 16.5. The van der Waals surface area contributed by atoms with Crippen LogP contribution < -0.4 is 4.90 Å². The van der Waals surface area contributed by atoms with E-state index in [2.05, 4.69) is 0 Å². The molecule has 0 heterocycles. The van der Waals surface area contributed by atoms with E-state index in [4.69, 9.17) is 11.6 Å². The van der Waals surface area contributed by atoms with Gasteiger partial charge in [-0.3, -0.25) is 4.79 Å².